The lowest BCUT2D eigenvalue weighted by molar-refractivity contribution is 0.818. The fourth-order valence-electron chi connectivity index (χ4n) is 3.32. The molecule has 1 atom stereocenters. The van der Waals surface area contributed by atoms with Gasteiger partial charge in [-0.2, -0.15) is 0 Å². The minimum absolute atomic E-state index is 0.0686. The Labute approximate surface area is 137 Å². The van der Waals surface area contributed by atoms with E-state index >= 15 is 0 Å². The highest BCUT2D eigenvalue weighted by Gasteiger charge is 2.22. The molecule has 2 aromatic rings. The van der Waals surface area contributed by atoms with Crippen molar-refractivity contribution in [2.24, 2.45) is 5.73 Å². The lowest BCUT2D eigenvalue weighted by atomic mass is 9.91. The Morgan fingerprint density at radius 3 is 2.57 bits per heavy atom. The number of benzene rings is 2. The van der Waals surface area contributed by atoms with Crippen molar-refractivity contribution in [1.29, 1.82) is 0 Å². The number of anilines is 1. The standard InChI is InChI=1S/C21H20N2/c1-13(22)15-6-8-16(9-7-15)17-10-11-21-20(12-17)19-5-3-4-18(19)14(2)23-21/h3,5-13,23H,2,4,22H2,1H3. The van der Waals surface area contributed by atoms with Gasteiger partial charge in [0.05, 0.1) is 0 Å². The van der Waals surface area contributed by atoms with Crippen molar-refractivity contribution in [3.63, 3.8) is 0 Å². The molecule has 2 aliphatic rings. The van der Waals surface area contributed by atoms with Crippen LogP contribution >= 0.6 is 0 Å². The van der Waals surface area contributed by atoms with Crippen molar-refractivity contribution in [1.82, 2.24) is 0 Å². The number of rotatable bonds is 2. The second-order valence-corrected chi connectivity index (χ2v) is 6.27. The van der Waals surface area contributed by atoms with E-state index in [9.17, 15) is 0 Å². The molecule has 0 amide bonds. The highest BCUT2D eigenvalue weighted by molar-refractivity contribution is 5.94. The van der Waals surface area contributed by atoms with E-state index in [1.807, 2.05) is 6.92 Å². The summed E-state index contributed by atoms with van der Waals surface area (Å²) in [6.45, 7) is 6.15. The first-order chi connectivity index (χ1) is 11.1. The van der Waals surface area contributed by atoms with Crippen molar-refractivity contribution >= 4 is 11.3 Å². The zero-order valence-corrected chi connectivity index (χ0v) is 13.3. The molecule has 23 heavy (non-hydrogen) atoms. The second kappa shape index (κ2) is 5.25. The van der Waals surface area contributed by atoms with Gasteiger partial charge in [-0.25, -0.2) is 0 Å². The molecular weight excluding hydrogens is 280 g/mol. The van der Waals surface area contributed by atoms with E-state index in [0.717, 1.165) is 23.4 Å². The predicted molar refractivity (Wildman–Crippen MR) is 97.9 cm³/mol. The molecule has 2 nitrogen and oxygen atoms in total. The molecule has 0 saturated carbocycles. The molecular formula is C21H20N2. The van der Waals surface area contributed by atoms with Crippen molar-refractivity contribution in [3.8, 4) is 11.1 Å². The molecule has 1 aliphatic carbocycles. The van der Waals surface area contributed by atoms with Crippen LogP contribution in [0.5, 0.6) is 0 Å². The first kappa shape index (κ1) is 14.0. The quantitative estimate of drug-likeness (QED) is 0.816. The smallest absolute Gasteiger partial charge is 0.0464 e. The van der Waals surface area contributed by atoms with Gasteiger partial charge in [-0.1, -0.05) is 49.1 Å². The van der Waals surface area contributed by atoms with Gasteiger partial charge in [0.15, 0.2) is 0 Å². The number of nitrogens with two attached hydrogens (primary N) is 1. The van der Waals surface area contributed by atoms with Gasteiger partial charge in [-0.05, 0) is 53.3 Å². The molecule has 1 aliphatic heterocycles. The third-order valence-electron chi connectivity index (χ3n) is 4.66. The number of hydrogen-bond acceptors (Lipinski definition) is 2. The number of allylic oxidation sites excluding steroid dienone is 4. The van der Waals surface area contributed by atoms with E-state index in [2.05, 4.69) is 66.5 Å². The molecule has 1 unspecified atom stereocenters. The molecule has 1 heterocycles. The summed E-state index contributed by atoms with van der Waals surface area (Å²) in [6.07, 6.45) is 5.38. The maximum Gasteiger partial charge on any atom is 0.0464 e. The summed E-state index contributed by atoms with van der Waals surface area (Å²) < 4.78 is 0. The van der Waals surface area contributed by atoms with Crippen LogP contribution in [0.3, 0.4) is 0 Å². The highest BCUT2D eigenvalue weighted by Crippen LogP contribution is 2.42. The van der Waals surface area contributed by atoms with Crippen LogP contribution in [-0.4, -0.2) is 0 Å². The topological polar surface area (TPSA) is 38.0 Å². The van der Waals surface area contributed by atoms with Crippen LogP contribution in [0.2, 0.25) is 0 Å². The number of nitrogens with one attached hydrogen (secondary N) is 1. The molecule has 0 aromatic heterocycles. The monoisotopic (exact) mass is 300 g/mol. The fourth-order valence-corrected chi connectivity index (χ4v) is 3.32. The summed E-state index contributed by atoms with van der Waals surface area (Å²) in [7, 11) is 0. The summed E-state index contributed by atoms with van der Waals surface area (Å²) in [5.74, 6) is 0. The van der Waals surface area contributed by atoms with Crippen LogP contribution in [0.1, 0.15) is 30.5 Å². The minimum atomic E-state index is 0.0686. The molecule has 3 N–H and O–H groups in total. The largest absolute Gasteiger partial charge is 0.355 e. The number of hydrogen-bond donors (Lipinski definition) is 2. The van der Waals surface area contributed by atoms with Gasteiger partial charge < -0.3 is 11.1 Å². The maximum absolute atomic E-state index is 5.93. The summed E-state index contributed by atoms with van der Waals surface area (Å²) >= 11 is 0. The fraction of sp³-hybridized carbons (Fsp3) is 0.143. The molecule has 2 heteroatoms. The summed E-state index contributed by atoms with van der Waals surface area (Å²) in [5, 5.41) is 3.43. The van der Waals surface area contributed by atoms with E-state index < -0.39 is 0 Å². The third-order valence-corrected chi connectivity index (χ3v) is 4.66. The Morgan fingerprint density at radius 1 is 1.09 bits per heavy atom. The lowest BCUT2D eigenvalue weighted by Gasteiger charge is -2.23. The second-order valence-electron chi connectivity index (χ2n) is 6.27. The van der Waals surface area contributed by atoms with E-state index in [1.165, 1.54) is 27.8 Å². The van der Waals surface area contributed by atoms with Gasteiger partial charge in [0.1, 0.15) is 0 Å². The van der Waals surface area contributed by atoms with Crippen LogP contribution < -0.4 is 11.1 Å². The van der Waals surface area contributed by atoms with E-state index in [1.54, 1.807) is 0 Å². The average Bonchev–Trinajstić information content (AvgIpc) is 3.05. The maximum atomic E-state index is 5.93. The highest BCUT2D eigenvalue weighted by atomic mass is 14.9. The van der Waals surface area contributed by atoms with Gasteiger partial charge in [0.2, 0.25) is 0 Å². The Morgan fingerprint density at radius 2 is 1.83 bits per heavy atom. The van der Waals surface area contributed by atoms with Crippen molar-refractivity contribution in [2.75, 3.05) is 5.32 Å². The zero-order valence-electron chi connectivity index (χ0n) is 13.3. The summed E-state index contributed by atoms with van der Waals surface area (Å²) in [4.78, 5) is 0. The van der Waals surface area contributed by atoms with E-state index in [4.69, 9.17) is 5.73 Å². The first-order valence-corrected chi connectivity index (χ1v) is 8.00. The molecule has 0 bridgehead atoms. The first-order valence-electron chi connectivity index (χ1n) is 8.00. The van der Waals surface area contributed by atoms with Gasteiger partial charge in [0, 0.05) is 23.0 Å². The van der Waals surface area contributed by atoms with Crippen LogP contribution in [0, 0.1) is 0 Å². The van der Waals surface area contributed by atoms with Crippen molar-refractivity contribution < 1.29 is 0 Å². The normalized spacial score (nSPS) is 16.9. The molecule has 0 saturated heterocycles. The zero-order chi connectivity index (χ0) is 16.0. The summed E-state index contributed by atoms with van der Waals surface area (Å²) in [6, 6.07) is 15.2. The van der Waals surface area contributed by atoms with Crippen LogP contribution in [-0.2, 0) is 0 Å². The van der Waals surface area contributed by atoms with Gasteiger partial charge in [-0.15, -0.1) is 0 Å². The van der Waals surface area contributed by atoms with Crippen LogP contribution in [0.4, 0.5) is 5.69 Å². The lowest BCUT2D eigenvalue weighted by Crippen LogP contribution is -2.09. The van der Waals surface area contributed by atoms with Crippen LogP contribution in [0.25, 0.3) is 16.7 Å². The van der Waals surface area contributed by atoms with Crippen molar-refractivity contribution in [2.45, 2.75) is 19.4 Å². The molecule has 0 radical (unpaired) electrons. The Hall–Kier alpha value is -2.58. The van der Waals surface area contributed by atoms with Gasteiger partial charge in [0.25, 0.3) is 0 Å². The Kier molecular flexibility index (Phi) is 3.21. The minimum Gasteiger partial charge on any atom is -0.355 e. The van der Waals surface area contributed by atoms with E-state index in [0.29, 0.717) is 0 Å². The molecule has 0 fully saturated rings. The Balaban J connectivity index is 1.78. The molecule has 114 valence electrons. The Bertz CT molecular complexity index is 852. The van der Waals surface area contributed by atoms with Gasteiger partial charge >= 0.3 is 0 Å². The molecule has 4 rings (SSSR count). The van der Waals surface area contributed by atoms with Crippen molar-refractivity contribution in [3.05, 3.63) is 83.6 Å². The SMILES string of the molecule is C=C1Nc2ccc(-c3ccc(C(C)N)cc3)cc2C2=C1CC=C2. The molecule has 2 aromatic carbocycles. The number of fused-ring (bicyclic) bond motifs is 2. The predicted octanol–water partition coefficient (Wildman–Crippen LogP) is 5.03. The third kappa shape index (κ3) is 2.32. The average molecular weight is 300 g/mol. The molecule has 0 spiro atoms. The van der Waals surface area contributed by atoms with E-state index in [-0.39, 0.29) is 6.04 Å². The van der Waals surface area contributed by atoms with Gasteiger partial charge in [-0.3, -0.25) is 0 Å². The summed E-state index contributed by atoms with van der Waals surface area (Å²) in [5.41, 5.74) is 15.6. The van der Waals surface area contributed by atoms with Crippen LogP contribution in [0.15, 0.2) is 72.5 Å².